The summed E-state index contributed by atoms with van der Waals surface area (Å²) in [7, 11) is 0. The SMILES string of the molecule is C(=N\N=C\c1ccccn1)/c1ccccn1.C(=N\N=C\c1ccccn1)/c1ccccn1.C(=N\N=C\c1ccccn1)/c1ccccn1.CC#N.CC#N.[N-]=C=S.[N-]=C=S.[N-]=C=S.[N-]=C=S.[N-]=C=S.[N-]=C=S.[Ni+2].[Ni+2].[Ni+2]. The Morgan fingerprint density at radius 3 is 0.507 bits per heavy atom. The van der Waals surface area contributed by atoms with Crippen molar-refractivity contribution in [1.29, 1.82) is 10.5 Å². The van der Waals surface area contributed by atoms with E-state index < -0.39 is 0 Å². The van der Waals surface area contributed by atoms with Gasteiger partial charge in [0.25, 0.3) is 0 Å². The summed E-state index contributed by atoms with van der Waals surface area (Å²) >= 11 is 22.2. The van der Waals surface area contributed by atoms with Crippen LogP contribution in [-0.4, -0.2) is 98.2 Å². The van der Waals surface area contributed by atoms with Crippen LogP contribution in [0.5, 0.6) is 0 Å². The number of nitriles is 2. The first kappa shape index (κ1) is 84.0. The number of nitrogens with zero attached hydrogens (tertiary/aromatic N) is 20. The molecule has 6 rings (SSSR count). The van der Waals surface area contributed by atoms with Crippen molar-refractivity contribution in [3.05, 3.63) is 213 Å². The first-order valence-electron chi connectivity index (χ1n) is 18.5. The van der Waals surface area contributed by atoms with E-state index in [2.05, 4.69) is 134 Å². The molecule has 0 unspecified atom stereocenters. The zero-order chi connectivity index (χ0) is 54.8. The third-order valence-corrected chi connectivity index (χ3v) is 5.47. The Kier molecular flexibility index (Phi) is 87.0. The topological polar surface area (TPSA) is 333 Å². The van der Waals surface area contributed by atoms with E-state index in [1.807, 2.05) is 109 Å². The van der Waals surface area contributed by atoms with Gasteiger partial charge in [0, 0.05) is 51.0 Å². The zero-order valence-electron chi connectivity index (χ0n) is 38.7. The second kappa shape index (κ2) is 77.6. The molecule has 0 amide bonds. The molecular weight excluding hydrogens is 1200 g/mol. The maximum Gasteiger partial charge on any atom is 2.00 e. The molecule has 6 heterocycles. The van der Waals surface area contributed by atoms with Crippen molar-refractivity contribution in [2.24, 2.45) is 30.6 Å². The first-order chi connectivity index (χ1) is 35.2. The molecule has 29 heteroatoms. The maximum absolute atomic E-state index is 7.32. The average molecular weight is 1240 g/mol. The van der Waals surface area contributed by atoms with Gasteiger partial charge in [0.05, 0.1) is 83.6 Å². The van der Waals surface area contributed by atoms with Gasteiger partial charge in [-0.15, -0.1) is 0 Å². The molecule has 0 bridgehead atoms. The Bertz CT molecular complexity index is 2240. The molecule has 0 aliphatic carbocycles. The summed E-state index contributed by atoms with van der Waals surface area (Å²) in [6.07, 6.45) is 19.9. The quantitative estimate of drug-likeness (QED) is 0.0562. The minimum absolute atomic E-state index is 0. The molecule has 6 aromatic heterocycles. The van der Waals surface area contributed by atoms with Crippen molar-refractivity contribution >= 4 is 142 Å². The van der Waals surface area contributed by atoms with Gasteiger partial charge < -0.3 is 32.5 Å². The van der Waals surface area contributed by atoms with E-state index in [4.69, 9.17) is 43.0 Å². The molecule has 6 aromatic rings. The van der Waals surface area contributed by atoms with Crippen LogP contribution in [0.15, 0.2) is 177 Å². The third-order valence-electron chi connectivity index (χ3n) is 5.47. The fourth-order valence-electron chi connectivity index (χ4n) is 3.27. The van der Waals surface area contributed by atoms with Gasteiger partial charge in [-0.3, -0.25) is 29.9 Å². The van der Waals surface area contributed by atoms with Crippen molar-refractivity contribution in [2.75, 3.05) is 0 Å². The summed E-state index contributed by atoms with van der Waals surface area (Å²) in [5.74, 6) is 0. The summed E-state index contributed by atoms with van der Waals surface area (Å²) in [5.41, 5.74) is 4.67. The number of thiocarbonyl (C=S) groups is 6. The van der Waals surface area contributed by atoms with Gasteiger partial charge in [0.15, 0.2) is 0 Å². The Hall–Kier alpha value is -7.82. The fourth-order valence-corrected chi connectivity index (χ4v) is 3.27. The second-order valence-corrected chi connectivity index (χ2v) is 11.1. The van der Waals surface area contributed by atoms with Crippen molar-refractivity contribution in [2.45, 2.75) is 13.8 Å². The largest absolute Gasteiger partial charge is 2.00 e. The zero-order valence-corrected chi connectivity index (χ0v) is 46.5. The van der Waals surface area contributed by atoms with Crippen molar-refractivity contribution < 1.29 is 49.5 Å². The number of rotatable bonds is 9. The second-order valence-electron chi connectivity index (χ2n) is 9.99. The van der Waals surface area contributed by atoms with Crippen LogP contribution in [0, 0.1) is 22.7 Å². The minimum atomic E-state index is 0. The molecule has 0 radical (unpaired) electrons. The van der Waals surface area contributed by atoms with Crippen LogP contribution < -0.4 is 0 Å². The van der Waals surface area contributed by atoms with Gasteiger partial charge in [0.2, 0.25) is 0 Å². The molecule has 0 aliphatic rings. The Morgan fingerprint density at radius 2 is 0.427 bits per heavy atom. The van der Waals surface area contributed by atoms with Gasteiger partial charge in [0.1, 0.15) is 0 Å². The standard InChI is InChI=1S/3C12H10N4.2C2H3N.6CNS.3Ni/c3*1-3-7-13-11(5-1)9-15-16-10-12-6-2-4-8-14-12;2*1-2-3;6*2-1-3;;;/h3*1-10H;2*1H3;;;;;;;;;/q;;;;;6*-1;3*+2/b3*15-9+,16-10+;;;;;;;;;;;. The maximum atomic E-state index is 7.32. The predicted octanol–water partition coefficient (Wildman–Crippen LogP) is 10.8. The van der Waals surface area contributed by atoms with Gasteiger partial charge in [-0.2, -0.15) is 72.1 Å². The molecule has 0 aromatic carbocycles. The summed E-state index contributed by atoms with van der Waals surface area (Å²) in [4.78, 5) is 24.5. The number of aromatic nitrogens is 6. The Morgan fingerprint density at radius 1 is 0.320 bits per heavy atom. The molecule has 0 N–H and O–H groups in total. The van der Waals surface area contributed by atoms with Gasteiger partial charge in [-0.1, -0.05) is 110 Å². The summed E-state index contributed by atoms with van der Waals surface area (Å²) in [6, 6.07) is 37.2. The van der Waals surface area contributed by atoms with E-state index in [1.54, 1.807) is 86.6 Å². The van der Waals surface area contributed by atoms with Crippen LogP contribution >= 0.6 is 73.3 Å². The number of hydrogen-bond donors (Lipinski definition) is 0. The molecule has 0 spiro atoms. The van der Waals surface area contributed by atoms with Crippen molar-refractivity contribution in [1.82, 2.24) is 29.9 Å². The van der Waals surface area contributed by atoms with E-state index in [0.717, 1.165) is 34.2 Å². The van der Waals surface area contributed by atoms with E-state index in [0.29, 0.717) is 0 Å². The van der Waals surface area contributed by atoms with E-state index >= 15 is 0 Å². The molecular formula is C46H36N20Ni3S6. The summed E-state index contributed by atoms with van der Waals surface area (Å²) < 4.78 is 0. The number of pyridine rings is 6. The van der Waals surface area contributed by atoms with Gasteiger partial charge in [-0.05, 0) is 72.8 Å². The van der Waals surface area contributed by atoms with E-state index in [1.165, 1.54) is 44.8 Å². The minimum Gasteiger partial charge on any atom is -0.753 e. The molecule has 0 aliphatic heterocycles. The summed E-state index contributed by atoms with van der Waals surface area (Å²) in [6.45, 7) is 2.86. The van der Waals surface area contributed by atoms with Crippen molar-refractivity contribution in [3.8, 4) is 12.1 Å². The van der Waals surface area contributed by atoms with E-state index in [9.17, 15) is 0 Å². The van der Waals surface area contributed by atoms with Crippen molar-refractivity contribution in [3.63, 3.8) is 0 Å². The average Bonchev–Trinajstić information content (AvgIpc) is 3.40. The molecule has 75 heavy (non-hydrogen) atoms. The normalized spacial score (nSPS) is 8.05. The van der Waals surface area contributed by atoms with Gasteiger partial charge in [-0.25, -0.2) is 0 Å². The number of isothiocyanates is 6. The third kappa shape index (κ3) is 72.8. The predicted molar refractivity (Wildman–Crippen MR) is 309 cm³/mol. The van der Waals surface area contributed by atoms with Gasteiger partial charge >= 0.3 is 49.5 Å². The monoisotopic (exact) mass is 1230 g/mol. The van der Waals surface area contributed by atoms with Crippen LogP contribution in [0.25, 0.3) is 32.5 Å². The fraction of sp³-hybridized carbons (Fsp3) is 0.0435. The first-order valence-corrected chi connectivity index (χ1v) is 21.0. The molecule has 0 atom stereocenters. The van der Waals surface area contributed by atoms with Crippen LogP contribution in [-0.2, 0) is 49.5 Å². The van der Waals surface area contributed by atoms with Crippen LogP contribution in [0.1, 0.15) is 48.0 Å². The smallest absolute Gasteiger partial charge is 0.753 e. The van der Waals surface area contributed by atoms with E-state index in [-0.39, 0.29) is 49.5 Å². The van der Waals surface area contributed by atoms with Crippen LogP contribution in [0.3, 0.4) is 0 Å². The molecule has 0 fully saturated rings. The number of hydrogen-bond acceptors (Lipinski definition) is 20. The Labute approximate surface area is 496 Å². The summed E-state index contributed by atoms with van der Waals surface area (Å²) in [5, 5.41) is 88.7. The van der Waals surface area contributed by atoms with Crippen LogP contribution in [0.2, 0.25) is 0 Å². The molecule has 0 saturated heterocycles. The molecule has 0 saturated carbocycles. The van der Waals surface area contributed by atoms with Crippen LogP contribution in [0.4, 0.5) is 0 Å². The molecule has 386 valence electrons. The Balaban J connectivity index is -0.000000121. The molecule has 20 nitrogen and oxygen atoms in total.